The summed E-state index contributed by atoms with van der Waals surface area (Å²) in [6, 6.07) is 9.91. The third-order valence-corrected chi connectivity index (χ3v) is 5.89. The molecule has 0 saturated carbocycles. The van der Waals surface area contributed by atoms with E-state index in [0.29, 0.717) is 13.1 Å². The molecule has 0 amide bonds. The summed E-state index contributed by atoms with van der Waals surface area (Å²) in [6.45, 7) is 4.79. The summed E-state index contributed by atoms with van der Waals surface area (Å²) in [6.07, 6.45) is 1.88. The maximum Gasteiger partial charge on any atom is 0.214 e. The van der Waals surface area contributed by atoms with E-state index in [1.807, 2.05) is 50.4 Å². The molecule has 3 rings (SSSR count). The lowest BCUT2D eigenvalue weighted by molar-refractivity contribution is 0.188. The molecule has 2 aromatic rings. The van der Waals surface area contributed by atoms with Crippen molar-refractivity contribution in [1.29, 1.82) is 0 Å². The van der Waals surface area contributed by atoms with Crippen molar-refractivity contribution in [2.24, 2.45) is 5.92 Å². The van der Waals surface area contributed by atoms with Crippen molar-refractivity contribution in [3.05, 3.63) is 36.5 Å². The average Bonchev–Trinajstić information content (AvgIpc) is 2.85. The van der Waals surface area contributed by atoms with Crippen LogP contribution in [0.15, 0.2) is 36.5 Å². The largest absolute Gasteiger partial charge is 0.246 e. The van der Waals surface area contributed by atoms with Gasteiger partial charge in [0.2, 0.25) is 10.0 Å². The van der Waals surface area contributed by atoms with Crippen LogP contribution in [-0.2, 0) is 10.0 Å². The standard InChI is InChI=1S/C15H20N4O2S/c1-12(2)11-22(20,21)18-8-14(9-18)19-10-15(16-17-19)13-6-4-3-5-7-13/h3-7,10,12,14H,8-9,11H2,1-2H3. The lowest BCUT2D eigenvalue weighted by atomic mass is 10.1. The van der Waals surface area contributed by atoms with E-state index in [-0.39, 0.29) is 17.7 Å². The van der Waals surface area contributed by atoms with Gasteiger partial charge in [0.25, 0.3) is 0 Å². The highest BCUT2D eigenvalue weighted by Gasteiger charge is 2.37. The Morgan fingerprint density at radius 3 is 2.55 bits per heavy atom. The van der Waals surface area contributed by atoms with Gasteiger partial charge >= 0.3 is 0 Å². The first-order chi connectivity index (χ1) is 10.5. The molecule has 0 atom stereocenters. The number of nitrogens with zero attached hydrogens (tertiary/aromatic N) is 4. The Labute approximate surface area is 130 Å². The van der Waals surface area contributed by atoms with E-state index >= 15 is 0 Å². The highest BCUT2D eigenvalue weighted by molar-refractivity contribution is 7.89. The Balaban J connectivity index is 1.66. The zero-order valence-electron chi connectivity index (χ0n) is 12.8. The highest BCUT2D eigenvalue weighted by atomic mass is 32.2. The molecule has 0 aliphatic carbocycles. The fraction of sp³-hybridized carbons (Fsp3) is 0.467. The minimum Gasteiger partial charge on any atom is -0.246 e. The van der Waals surface area contributed by atoms with Gasteiger partial charge in [-0.25, -0.2) is 13.1 Å². The SMILES string of the molecule is CC(C)CS(=O)(=O)N1CC(n2cc(-c3ccccc3)nn2)C1. The highest BCUT2D eigenvalue weighted by Crippen LogP contribution is 2.26. The molecule has 0 unspecified atom stereocenters. The van der Waals surface area contributed by atoms with Crippen molar-refractivity contribution in [2.75, 3.05) is 18.8 Å². The number of benzene rings is 1. The molecule has 22 heavy (non-hydrogen) atoms. The van der Waals surface area contributed by atoms with Gasteiger partial charge in [-0.1, -0.05) is 49.4 Å². The lowest BCUT2D eigenvalue weighted by Gasteiger charge is -2.38. The fourth-order valence-corrected chi connectivity index (χ4v) is 4.39. The van der Waals surface area contributed by atoms with Crippen LogP contribution in [0.1, 0.15) is 19.9 Å². The van der Waals surface area contributed by atoms with Gasteiger partial charge in [0.15, 0.2) is 0 Å². The number of hydrogen-bond acceptors (Lipinski definition) is 4. The van der Waals surface area contributed by atoms with Crippen LogP contribution < -0.4 is 0 Å². The molecule has 0 bridgehead atoms. The van der Waals surface area contributed by atoms with Crippen molar-refractivity contribution in [3.8, 4) is 11.3 Å². The summed E-state index contributed by atoms with van der Waals surface area (Å²) < 4.78 is 27.5. The lowest BCUT2D eigenvalue weighted by Crippen LogP contribution is -2.51. The number of hydrogen-bond donors (Lipinski definition) is 0. The zero-order valence-corrected chi connectivity index (χ0v) is 13.6. The van der Waals surface area contributed by atoms with Gasteiger partial charge in [0.1, 0.15) is 5.69 Å². The normalized spacial score (nSPS) is 16.9. The second-order valence-corrected chi connectivity index (χ2v) is 8.11. The first-order valence-electron chi connectivity index (χ1n) is 7.41. The molecular weight excluding hydrogens is 300 g/mol. The molecule has 1 aliphatic rings. The van der Waals surface area contributed by atoms with Crippen LogP contribution in [0.4, 0.5) is 0 Å². The molecule has 0 N–H and O–H groups in total. The van der Waals surface area contributed by atoms with Gasteiger partial charge in [-0.05, 0) is 5.92 Å². The van der Waals surface area contributed by atoms with Crippen LogP contribution >= 0.6 is 0 Å². The Bertz CT molecular complexity index is 734. The molecule has 6 nitrogen and oxygen atoms in total. The predicted molar refractivity (Wildman–Crippen MR) is 84.7 cm³/mol. The van der Waals surface area contributed by atoms with Gasteiger partial charge < -0.3 is 0 Å². The Morgan fingerprint density at radius 2 is 1.91 bits per heavy atom. The molecular formula is C15H20N4O2S. The van der Waals surface area contributed by atoms with Crippen molar-refractivity contribution in [1.82, 2.24) is 19.3 Å². The fourth-order valence-electron chi connectivity index (χ4n) is 2.53. The van der Waals surface area contributed by atoms with Crippen LogP contribution in [0.2, 0.25) is 0 Å². The number of rotatable bonds is 5. The molecule has 1 aliphatic heterocycles. The Kier molecular flexibility index (Phi) is 4.01. The summed E-state index contributed by atoms with van der Waals surface area (Å²) in [5.41, 5.74) is 1.82. The summed E-state index contributed by atoms with van der Waals surface area (Å²) in [7, 11) is -3.14. The van der Waals surface area contributed by atoms with Crippen molar-refractivity contribution >= 4 is 10.0 Å². The van der Waals surface area contributed by atoms with Crippen molar-refractivity contribution < 1.29 is 8.42 Å². The van der Waals surface area contributed by atoms with E-state index in [4.69, 9.17) is 0 Å². The van der Waals surface area contributed by atoms with Crippen LogP contribution in [-0.4, -0.2) is 46.6 Å². The molecule has 7 heteroatoms. The minimum absolute atomic E-state index is 0.0758. The Morgan fingerprint density at radius 1 is 1.23 bits per heavy atom. The maximum absolute atomic E-state index is 12.1. The first-order valence-corrected chi connectivity index (χ1v) is 9.02. The summed E-state index contributed by atoms with van der Waals surface area (Å²) in [4.78, 5) is 0. The zero-order chi connectivity index (χ0) is 15.7. The smallest absolute Gasteiger partial charge is 0.214 e. The second-order valence-electron chi connectivity index (χ2n) is 6.09. The van der Waals surface area contributed by atoms with E-state index in [2.05, 4.69) is 10.3 Å². The third kappa shape index (κ3) is 3.05. The second kappa shape index (κ2) is 5.81. The van der Waals surface area contributed by atoms with Gasteiger partial charge in [0.05, 0.1) is 18.0 Å². The quantitative estimate of drug-likeness (QED) is 0.842. The number of sulfonamides is 1. The first kappa shape index (κ1) is 15.2. The summed E-state index contributed by atoms with van der Waals surface area (Å²) in [5, 5.41) is 8.31. The van der Waals surface area contributed by atoms with E-state index in [0.717, 1.165) is 11.3 Å². The van der Waals surface area contributed by atoms with Gasteiger partial charge in [-0.15, -0.1) is 5.10 Å². The van der Waals surface area contributed by atoms with Gasteiger partial charge in [-0.2, -0.15) is 4.31 Å². The molecule has 1 saturated heterocycles. The molecule has 118 valence electrons. The van der Waals surface area contributed by atoms with E-state index in [1.165, 1.54) is 4.31 Å². The van der Waals surface area contributed by atoms with Crippen LogP contribution in [0.25, 0.3) is 11.3 Å². The van der Waals surface area contributed by atoms with E-state index in [9.17, 15) is 8.42 Å². The molecule has 1 aromatic carbocycles. The minimum atomic E-state index is -3.14. The van der Waals surface area contributed by atoms with Crippen LogP contribution in [0.5, 0.6) is 0 Å². The van der Waals surface area contributed by atoms with E-state index < -0.39 is 10.0 Å². The molecule has 1 fully saturated rings. The topological polar surface area (TPSA) is 68.1 Å². The Hall–Kier alpha value is -1.73. The van der Waals surface area contributed by atoms with Crippen molar-refractivity contribution in [2.45, 2.75) is 19.9 Å². The molecule has 0 spiro atoms. The number of aromatic nitrogens is 3. The molecule has 2 heterocycles. The summed E-state index contributed by atoms with van der Waals surface area (Å²) >= 11 is 0. The summed E-state index contributed by atoms with van der Waals surface area (Å²) in [5.74, 6) is 0.340. The monoisotopic (exact) mass is 320 g/mol. The van der Waals surface area contributed by atoms with Gasteiger partial charge in [0, 0.05) is 18.7 Å². The van der Waals surface area contributed by atoms with Crippen molar-refractivity contribution in [3.63, 3.8) is 0 Å². The predicted octanol–water partition coefficient (Wildman–Crippen LogP) is 1.79. The van der Waals surface area contributed by atoms with Gasteiger partial charge in [-0.3, -0.25) is 0 Å². The molecule has 1 aromatic heterocycles. The molecule has 0 radical (unpaired) electrons. The van der Waals surface area contributed by atoms with E-state index in [1.54, 1.807) is 4.68 Å². The average molecular weight is 320 g/mol. The maximum atomic E-state index is 12.1. The van der Waals surface area contributed by atoms with Crippen LogP contribution in [0, 0.1) is 5.92 Å². The third-order valence-electron chi connectivity index (χ3n) is 3.72. The van der Waals surface area contributed by atoms with Crippen LogP contribution in [0.3, 0.4) is 0 Å².